The first-order valence-electron chi connectivity index (χ1n) is 8.20. The van der Waals surface area contributed by atoms with Crippen molar-refractivity contribution in [1.29, 1.82) is 0 Å². The van der Waals surface area contributed by atoms with Gasteiger partial charge in [-0.15, -0.1) is 10.2 Å². The molecule has 1 heterocycles. The summed E-state index contributed by atoms with van der Waals surface area (Å²) in [6, 6.07) is 0. The molecule has 1 fully saturated rings. The van der Waals surface area contributed by atoms with E-state index in [1.807, 2.05) is 13.8 Å². The SMILES string of the molecule is CCNC(=O)CN(CC)C(=O)CSc1nnc(C2CC2)n1CC. The van der Waals surface area contributed by atoms with Crippen LogP contribution in [0.3, 0.4) is 0 Å². The molecular weight excluding hydrogens is 314 g/mol. The number of rotatable bonds is 9. The zero-order chi connectivity index (χ0) is 16.8. The molecule has 0 saturated heterocycles. The van der Waals surface area contributed by atoms with Crippen LogP contribution in [0.15, 0.2) is 5.16 Å². The van der Waals surface area contributed by atoms with Crippen LogP contribution in [0.1, 0.15) is 45.4 Å². The van der Waals surface area contributed by atoms with Crippen LogP contribution < -0.4 is 5.32 Å². The average Bonchev–Trinajstić information content (AvgIpc) is 3.30. The van der Waals surface area contributed by atoms with Gasteiger partial charge < -0.3 is 14.8 Å². The van der Waals surface area contributed by atoms with Crippen LogP contribution in [-0.4, -0.2) is 56.9 Å². The Bertz CT molecular complexity index is 556. The van der Waals surface area contributed by atoms with Gasteiger partial charge in [-0.3, -0.25) is 9.59 Å². The van der Waals surface area contributed by atoms with Gasteiger partial charge in [-0.25, -0.2) is 0 Å². The smallest absolute Gasteiger partial charge is 0.239 e. The van der Waals surface area contributed by atoms with Crippen LogP contribution in [0, 0.1) is 0 Å². The summed E-state index contributed by atoms with van der Waals surface area (Å²) in [6.45, 7) is 7.81. The van der Waals surface area contributed by atoms with Gasteiger partial charge in [0.1, 0.15) is 5.82 Å². The van der Waals surface area contributed by atoms with Crippen molar-refractivity contribution in [2.24, 2.45) is 0 Å². The predicted molar refractivity (Wildman–Crippen MR) is 89.3 cm³/mol. The first-order chi connectivity index (χ1) is 11.1. The summed E-state index contributed by atoms with van der Waals surface area (Å²) < 4.78 is 2.09. The van der Waals surface area contributed by atoms with Gasteiger partial charge in [0.05, 0.1) is 12.3 Å². The van der Waals surface area contributed by atoms with E-state index in [4.69, 9.17) is 0 Å². The fraction of sp³-hybridized carbons (Fsp3) is 0.733. The summed E-state index contributed by atoms with van der Waals surface area (Å²) in [5, 5.41) is 12.0. The van der Waals surface area contributed by atoms with E-state index in [0.717, 1.165) is 17.5 Å². The van der Waals surface area contributed by atoms with Crippen LogP contribution in [0.2, 0.25) is 0 Å². The molecule has 0 atom stereocenters. The first kappa shape index (κ1) is 17.8. The highest BCUT2D eigenvalue weighted by Gasteiger charge is 2.30. The molecule has 0 spiro atoms. The Morgan fingerprint density at radius 3 is 2.61 bits per heavy atom. The maximum Gasteiger partial charge on any atom is 0.239 e. The van der Waals surface area contributed by atoms with E-state index >= 15 is 0 Å². The number of carbonyl (C=O) groups is 2. The Kier molecular flexibility index (Phi) is 6.44. The zero-order valence-corrected chi connectivity index (χ0v) is 14.9. The van der Waals surface area contributed by atoms with Gasteiger partial charge in [-0.2, -0.15) is 0 Å². The predicted octanol–water partition coefficient (Wildman–Crippen LogP) is 1.25. The lowest BCUT2D eigenvalue weighted by molar-refractivity contribution is -0.133. The Hall–Kier alpha value is -1.57. The number of nitrogens with zero attached hydrogens (tertiary/aromatic N) is 4. The molecule has 0 unspecified atom stereocenters. The fourth-order valence-electron chi connectivity index (χ4n) is 2.37. The number of carbonyl (C=O) groups excluding carboxylic acids is 2. The maximum absolute atomic E-state index is 12.3. The topological polar surface area (TPSA) is 80.1 Å². The monoisotopic (exact) mass is 339 g/mol. The normalized spacial score (nSPS) is 13.9. The minimum atomic E-state index is -0.125. The minimum Gasteiger partial charge on any atom is -0.355 e. The highest BCUT2D eigenvalue weighted by Crippen LogP contribution is 2.39. The molecule has 1 saturated carbocycles. The van der Waals surface area contributed by atoms with Gasteiger partial charge >= 0.3 is 0 Å². The highest BCUT2D eigenvalue weighted by atomic mass is 32.2. The van der Waals surface area contributed by atoms with Crippen molar-refractivity contribution in [2.75, 3.05) is 25.4 Å². The molecule has 1 aliphatic rings. The molecule has 128 valence electrons. The molecule has 0 aromatic carbocycles. The quantitative estimate of drug-likeness (QED) is 0.685. The standard InChI is InChI=1S/C15H25N5O2S/c1-4-16-12(21)9-19(5-2)13(22)10-23-15-18-17-14(11-7-8-11)20(15)6-3/h11H,4-10H2,1-3H3,(H,16,21). The van der Waals surface area contributed by atoms with Gasteiger partial charge in [0.15, 0.2) is 5.16 Å². The van der Waals surface area contributed by atoms with Gasteiger partial charge in [0, 0.05) is 25.6 Å². The van der Waals surface area contributed by atoms with Crippen molar-refractivity contribution in [1.82, 2.24) is 25.0 Å². The third-order valence-electron chi connectivity index (χ3n) is 3.77. The van der Waals surface area contributed by atoms with Gasteiger partial charge in [0.25, 0.3) is 0 Å². The summed E-state index contributed by atoms with van der Waals surface area (Å²) in [6.07, 6.45) is 2.36. The molecule has 7 nitrogen and oxygen atoms in total. The molecule has 8 heteroatoms. The highest BCUT2D eigenvalue weighted by molar-refractivity contribution is 7.99. The molecule has 1 aromatic heterocycles. The summed E-state index contributed by atoms with van der Waals surface area (Å²) >= 11 is 1.40. The molecule has 1 N–H and O–H groups in total. The first-order valence-corrected chi connectivity index (χ1v) is 9.19. The number of hydrogen-bond donors (Lipinski definition) is 1. The lowest BCUT2D eigenvalue weighted by Gasteiger charge is -2.19. The Labute approximate surface area is 141 Å². The molecule has 2 amide bonds. The van der Waals surface area contributed by atoms with E-state index in [1.54, 1.807) is 4.90 Å². The van der Waals surface area contributed by atoms with Crippen LogP contribution in [-0.2, 0) is 16.1 Å². The van der Waals surface area contributed by atoms with Crippen LogP contribution >= 0.6 is 11.8 Å². The lowest BCUT2D eigenvalue weighted by Crippen LogP contribution is -2.41. The molecule has 0 bridgehead atoms. The van der Waals surface area contributed by atoms with Gasteiger partial charge in [-0.1, -0.05) is 11.8 Å². The van der Waals surface area contributed by atoms with Crippen LogP contribution in [0.5, 0.6) is 0 Å². The van der Waals surface area contributed by atoms with Crippen molar-refractivity contribution in [2.45, 2.75) is 51.2 Å². The number of nitrogens with one attached hydrogen (secondary N) is 1. The molecular formula is C15H25N5O2S. The summed E-state index contributed by atoms with van der Waals surface area (Å²) in [4.78, 5) is 25.5. The number of aromatic nitrogens is 3. The second-order valence-corrected chi connectivity index (χ2v) is 6.45. The van der Waals surface area contributed by atoms with E-state index < -0.39 is 0 Å². The van der Waals surface area contributed by atoms with Crippen molar-refractivity contribution in [3.63, 3.8) is 0 Å². The van der Waals surface area contributed by atoms with E-state index in [-0.39, 0.29) is 24.1 Å². The van der Waals surface area contributed by atoms with Gasteiger partial charge in [-0.05, 0) is 33.6 Å². The summed E-state index contributed by atoms with van der Waals surface area (Å²) in [7, 11) is 0. The number of thioether (sulfide) groups is 1. The lowest BCUT2D eigenvalue weighted by atomic mass is 10.4. The number of hydrogen-bond acceptors (Lipinski definition) is 5. The second-order valence-electron chi connectivity index (χ2n) is 5.51. The maximum atomic E-state index is 12.3. The molecule has 2 rings (SSSR count). The van der Waals surface area contributed by atoms with Crippen LogP contribution in [0.25, 0.3) is 0 Å². The molecule has 0 radical (unpaired) electrons. The zero-order valence-electron chi connectivity index (χ0n) is 14.0. The van der Waals surface area contributed by atoms with Crippen molar-refractivity contribution in [3.05, 3.63) is 5.82 Å². The van der Waals surface area contributed by atoms with Gasteiger partial charge in [0.2, 0.25) is 11.8 Å². The second kappa shape index (κ2) is 8.33. The minimum absolute atomic E-state index is 0.0534. The average molecular weight is 339 g/mol. The molecule has 23 heavy (non-hydrogen) atoms. The van der Waals surface area contributed by atoms with E-state index in [2.05, 4.69) is 27.0 Å². The Morgan fingerprint density at radius 1 is 1.30 bits per heavy atom. The summed E-state index contributed by atoms with van der Waals surface area (Å²) in [5.41, 5.74) is 0. The number of likely N-dealkylation sites (N-methyl/N-ethyl adjacent to an activating group) is 2. The van der Waals surface area contributed by atoms with E-state index in [9.17, 15) is 9.59 Å². The van der Waals surface area contributed by atoms with E-state index in [0.29, 0.717) is 19.0 Å². The molecule has 1 aliphatic carbocycles. The Morgan fingerprint density at radius 2 is 2.04 bits per heavy atom. The third kappa shape index (κ3) is 4.70. The van der Waals surface area contributed by atoms with Crippen LogP contribution in [0.4, 0.5) is 0 Å². The number of amides is 2. The summed E-state index contributed by atoms with van der Waals surface area (Å²) in [5.74, 6) is 1.67. The third-order valence-corrected chi connectivity index (χ3v) is 4.72. The van der Waals surface area contributed by atoms with E-state index in [1.165, 1.54) is 24.6 Å². The largest absolute Gasteiger partial charge is 0.355 e. The fourth-order valence-corrected chi connectivity index (χ4v) is 3.28. The van der Waals surface area contributed by atoms with Crippen molar-refractivity contribution in [3.8, 4) is 0 Å². The molecule has 0 aliphatic heterocycles. The van der Waals surface area contributed by atoms with Crippen molar-refractivity contribution < 1.29 is 9.59 Å². The Balaban J connectivity index is 1.91. The molecule has 1 aromatic rings. The van der Waals surface area contributed by atoms with Crippen molar-refractivity contribution >= 4 is 23.6 Å².